The second kappa shape index (κ2) is 4.99. The summed E-state index contributed by atoms with van der Waals surface area (Å²) in [5.41, 5.74) is 0. The van der Waals surface area contributed by atoms with Crippen LogP contribution in [0.4, 0.5) is 10.6 Å². The Bertz CT molecular complexity index is 406. The van der Waals surface area contributed by atoms with Crippen LogP contribution in [0.2, 0.25) is 0 Å². The summed E-state index contributed by atoms with van der Waals surface area (Å²) in [5, 5.41) is 5.53. The lowest BCUT2D eigenvalue weighted by Gasteiger charge is -2.13. The van der Waals surface area contributed by atoms with Crippen LogP contribution >= 0.6 is 0 Å². The third-order valence-corrected chi connectivity index (χ3v) is 2.78. The summed E-state index contributed by atoms with van der Waals surface area (Å²) in [4.78, 5) is 19.4. The van der Waals surface area contributed by atoms with Gasteiger partial charge in [0, 0.05) is 12.1 Å². The van der Waals surface area contributed by atoms with E-state index in [1.807, 2.05) is 6.92 Å². The van der Waals surface area contributed by atoms with E-state index >= 15 is 0 Å². The number of ether oxygens (including phenoxy) is 1. The van der Waals surface area contributed by atoms with E-state index in [-0.39, 0.29) is 12.1 Å². The highest BCUT2D eigenvalue weighted by atomic mass is 16.5. The third-order valence-electron chi connectivity index (χ3n) is 2.78. The highest BCUT2D eigenvalue weighted by Gasteiger charge is 2.28. The fourth-order valence-electron chi connectivity index (χ4n) is 1.59. The second-order valence-corrected chi connectivity index (χ2v) is 4.17. The number of nitrogens with one attached hydrogen (secondary N) is 2. The van der Waals surface area contributed by atoms with E-state index in [2.05, 4.69) is 20.6 Å². The van der Waals surface area contributed by atoms with Crippen molar-refractivity contribution in [3.05, 3.63) is 12.4 Å². The average molecular weight is 236 g/mol. The zero-order chi connectivity index (χ0) is 12.3. The molecule has 0 spiro atoms. The molecule has 0 aromatic carbocycles. The van der Waals surface area contributed by atoms with Crippen molar-refractivity contribution >= 4 is 11.8 Å². The molecule has 1 fully saturated rings. The Balaban J connectivity index is 1.88. The lowest BCUT2D eigenvalue weighted by molar-refractivity contribution is 0.248. The van der Waals surface area contributed by atoms with Crippen LogP contribution in [-0.2, 0) is 0 Å². The van der Waals surface area contributed by atoms with Gasteiger partial charge in [-0.25, -0.2) is 14.8 Å². The fourth-order valence-corrected chi connectivity index (χ4v) is 1.59. The molecule has 0 radical (unpaired) electrons. The first-order chi connectivity index (χ1) is 8.19. The maximum absolute atomic E-state index is 11.6. The Morgan fingerprint density at radius 3 is 2.94 bits per heavy atom. The van der Waals surface area contributed by atoms with Crippen molar-refractivity contribution in [2.75, 3.05) is 12.4 Å². The van der Waals surface area contributed by atoms with E-state index in [0.717, 1.165) is 0 Å². The maximum atomic E-state index is 11.6. The van der Waals surface area contributed by atoms with Crippen molar-refractivity contribution in [2.45, 2.75) is 25.8 Å². The lowest BCUT2D eigenvalue weighted by atomic mass is 10.2. The van der Waals surface area contributed by atoms with Crippen molar-refractivity contribution in [2.24, 2.45) is 5.92 Å². The molecule has 1 aromatic heterocycles. The van der Waals surface area contributed by atoms with Crippen molar-refractivity contribution in [1.29, 1.82) is 0 Å². The highest BCUT2D eigenvalue weighted by molar-refractivity contribution is 5.88. The molecule has 92 valence electrons. The first-order valence-corrected chi connectivity index (χ1v) is 5.62. The van der Waals surface area contributed by atoms with Crippen LogP contribution in [0.3, 0.4) is 0 Å². The van der Waals surface area contributed by atoms with Gasteiger partial charge in [-0.15, -0.1) is 0 Å². The van der Waals surface area contributed by atoms with Gasteiger partial charge in [0.2, 0.25) is 5.88 Å². The maximum Gasteiger partial charge on any atom is 0.320 e. The molecule has 17 heavy (non-hydrogen) atoms. The van der Waals surface area contributed by atoms with Crippen molar-refractivity contribution in [1.82, 2.24) is 15.3 Å². The van der Waals surface area contributed by atoms with Crippen LogP contribution in [0.25, 0.3) is 0 Å². The van der Waals surface area contributed by atoms with E-state index in [0.29, 0.717) is 17.6 Å². The minimum Gasteiger partial charge on any atom is -0.481 e. The molecule has 6 heteroatoms. The van der Waals surface area contributed by atoms with Gasteiger partial charge >= 0.3 is 6.03 Å². The number of nitrogens with zero attached hydrogens (tertiary/aromatic N) is 2. The predicted octanol–water partition coefficient (Wildman–Crippen LogP) is 1.41. The molecule has 2 N–H and O–H groups in total. The summed E-state index contributed by atoms with van der Waals surface area (Å²) >= 11 is 0. The first-order valence-electron chi connectivity index (χ1n) is 5.62. The van der Waals surface area contributed by atoms with Crippen LogP contribution < -0.4 is 15.4 Å². The van der Waals surface area contributed by atoms with E-state index < -0.39 is 0 Å². The molecule has 6 nitrogen and oxygen atoms in total. The van der Waals surface area contributed by atoms with Gasteiger partial charge in [-0.1, -0.05) is 0 Å². The molecule has 1 aromatic rings. The van der Waals surface area contributed by atoms with Crippen LogP contribution in [0.15, 0.2) is 12.4 Å². The van der Waals surface area contributed by atoms with Crippen molar-refractivity contribution < 1.29 is 9.53 Å². The highest BCUT2D eigenvalue weighted by Crippen LogP contribution is 2.32. The number of carbonyl (C=O) groups excluding carboxylic acids is 1. The number of hydrogen-bond donors (Lipinski definition) is 2. The summed E-state index contributed by atoms with van der Waals surface area (Å²) in [6, 6.07) is 1.53. The summed E-state index contributed by atoms with van der Waals surface area (Å²) in [5.74, 6) is 1.48. The van der Waals surface area contributed by atoms with E-state index in [1.54, 1.807) is 6.07 Å². The van der Waals surface area contributed by atoms with E-state index in [1.165, 1.54) is 26.3 Å². The van der Waals surface area contributed by atoms with Crippen LogP contribution in [0, 0.1) is 5.92 Å². The third kappa shape index (κ3) is 3.30. The number of amides is 2. The first kappa shape index (κ1) is 11.6. The average Bonchev–Trinajstić information content (AvgIpc) is 3.12. The Morgan fingerprint density at radius 2 is 2.29 bits per heavy atom. The number of hydrogen-bond acceptors (Lipinski definition) is 4. The summed E-state index contributed by atoms with van der Waals surface area (Å²) in [7, 11) is 1.52. The molecule has 0 aliphatic heterocycles. The quantitative estimate of drug-likeness (QED) is 0.828. The topological polar surface area (TPSA) is 76.1 Å². The van der Waals surface area contributed by atoms with Gasteiger partial charge in [0.15, 0.2) is 0 Å². The lowest BCUT2D eigenvalue weighted by Crippen LogP contribution is -2.37. The molecule has 0 saturated heterocycles. The number of methoxy groups -OCH3 is 1. The molecular formula is C11H16N4O2. The van der Waals surface area contributed by atoms with E-state index in [9.17, 15) is 4.79 Å². The Morgan fingerprint density at radius 1 is 1.53 bits per heavy atom. The minimum absolute atomic E-state index is 0.207. The molecule has 2 rings (SSSR count). The largest absolute Gasteiger partial charge is 0.481 e. The zero-order valence-electron chi connectivity index (χ0n) is 9.93. The van der Waals surface area contributed by atoms with Gasteiger partial charge in [0.05, 0.1) is 7.11 Å². The molecule has 1 heterocycles. The van der Waals surface area contributed by atoms with Gasteiger partial charge in [0.1, 0.15) is 12.1 Å². The Labute approximate surface area is 99.8 Å². The molecule has 0 unspecified atom stereocenters. The molecular weight excluding hydrogens is 220 g/mol. The molecule has 2 amide bonds. The fraction of sp³-hybridized carbons (Fsp3) is 0.545. The summed E-state index contributed by atoms with van der Waals surface area (Å²) in [6.07, 6.45) is 3.74. The monoisotopic (exact) mass is 236 g/mol. The SMILES string of the molecule is COc1cc(NC(=O)N[C@H](C)C2CC2)ncn1. The van der Waals surface area contributed by atoms with Gasteiger partial charge in [-0.3, -0.25) is 5.32 Å². The Hall–Kier alpha value is -1.85. The number of anilines is 1. The number of aromatic nitrogens is 2. The summed E-state index contributed by atoms with van der Waals surface area (Å²) in [6.45, 7) is 2.01. The smallest absolute Gasteiger partial charge is 0.320 e. The molecule has 1 saturated carbocycles. The summed E-state index contributed by atoms with van der Waals surface area (Å²) < 4.78 is 4.94. The number of rotatable bonds is 4. The van der Waals surface area contributed by atoms with Gasteiger partial charge in [-0.05, 0) is 25.7 Å². The second-order valence-electron chi connectivity index (χ2n) is 4.17. The zero-order valence-corrected chi connectivity index (χ0v) is 9.93. The predicted molar refractivity (Wildman–Crippen MR) is 62.9 cm³/mol. The van der Waals surface area contributed by atoms with Gasteiger partial charge in [-0.2, -0.15) is 0 Å². The van der Waals surface area contributed by atoms with E-state index in [4.69, 9.17) is 4.74 Å². The van der Waals surface area contributed by atoms with Gasteiger partial charge in [0.25, 0.3) is 0 Å². The van der Waals surface area contributed by atoms with Gasteiger partial charge < -0.3 is 10.1 Å². The minimum atomic E-state index is -0.245. The van der Waals surface area contributed by atoms with Crippen molar-refractivity contribution in [3.8, 4) is 5.88 Å². The molecule has 0 bridgehead atoms. The molecule has 1 aliphatic carbocycles. The Kier molecular flexibility index (Phi) is 3.41. The van der Waals surface area contributed by atoms with Crippen LogP contribution in [-0.4, -0.2) is 29.2 Å². The number of urea groups is 1. The van der Waals surface area contributed by atoms with Crippen LogP contribution in [0.1, 0.15) is 19.8 Å². The standard InChI is InChI=1S/C11H16N4O2/c1-7(8-3-4-8)14-11(16)15-9-5-10(17-2)13-6-12-9/h5-8H,3-4H2,1-2H3,(H2,12,13,14,15,16)/t7-/m1/s1. The normalized spacial score (nSPS) is 16.1. The molecule has 1 atom stereocenters. The molecule has 1 aliphatic rings. The van der Waals surface area contributed by atoms with Crippen LogP contribution in [0.5, 0.6) is 5.88 Å². The van der Waals surface area contributed by atoms with Crippen molar-refractivity contribution in [3.63, 3.8) is 0 Å². The number of carbonyl (C=O) groups is 1.